The van der Waals surface area contributed by atoms with Crippen molar-refractivity contribution >= 4 is 17.3 Å². The molecule has 0 aliphatic carbocycles. The second kappa shape index (κ2) is 5.57. The lowest BCUT2D eigenvalue weighted by Crippen LogP contribution is -2.43. The highest BCUT2D eigenvalue weighted by Crippen LogP contribution is 2.38. The van der Waals surface area contributed by atoms with E-state index >= 15 is 0 Å². The van der Waals surface area contributed by atoms with E-state index in [-0.39, 0.29) is 30.3 Å². The molecule has 0 bridgehead atoms. The normalized spacial score (nSPS) is 24.6. The van der Waals surface area contributed by atoms with E-state index in [1.165, 1.54) is 19.2 Å². The maximum absolute atomic E-state index is 11.4. The molecule has 0 saturated carbocycles. The lowest BCUT2D eigenvalue weighted by atomic mass is 9.85. The second-order valence-electron chi connectivity index (χ2n) is 5.05. The van der Waals surface area contributed by atoms with E-state index in [1.807, 2.05) is 0 Å². The molecular formula is C13H16N2O6. The van der Waals surface area contributed by atoms with Gasteiger partial charge in [-0.25, -0.2) is 0 Å². The average molecular weight is 296 g/mol. The Balaban J connectivity index is 2.36. The van der Waals surface area contributed by atoms with Gasteiger partial charge in [-0.05, 0) is 19.1 Å². The molecular weight excluding hydrogens is 280 g/mol. The third kappa shape index (κ3) is 2.62. The van der Waals surface area contributed by atoms with Crippen molar-refractivity contribution in [2.45, 2.75) is 13.0 Å². The molecule has 0 aromatic heterocycles. The Morgan fingerprint density at radius 1 is 1.62 bits per heavy atom. The molecule has 114 valence electrons. The number of nitrogens with one attached hydrogen (secondary N) is 1. The van der Waals surface area contributed by atoms with Gasteiger partial charge in [0.05, 0.1) is 31.3 Å². The lowest BCUT2D eigenvalue weighted by Gasteiger charge is -2.26. The van der Waals surface area contributed by atoms with Crippen LogP contribution >= 0.6 is 0 Å². The van der Waals surface area contributed by atoms with E-state index in [4.69, 9.17) is 9.47 Å². The minimum absolute atomic E-state index is 0.0533. The highest BCUT2D eigenvalue weighted by atomic mass is 16.6. The number of nitro groups is 1. The van der Waals surface area contributed by atoms with E-state index in [1.54, 1.807) is 13.0 Å². The molecule has 0 radical (unpaired) electrons. The Morgan fingerprint density at radius 3 is 2.90 bits per heavy atom. The molecule has 1 fully saturated rings. The SMILES string of the molecule is COc1cccc(NC2COCC2(C)C(=O)O)c1[N+](=O)[O-]. The lowest BCUT2D eigenvalue weighted by molar-refractivity contribution is -0.384. The standard InChI is InChI=1S/C13H16N2O6/c1-13(12(16)17)7-21-6-10(13)14-8-4-3-5-9(20-2)11(8)15(18)19/h3-5,10,14H,6-7H2,1-2H3,(H,16,17). The molecule has 1 aromatic carbocycles. The highest BCUT2D eigenvalue weighted by molar-refractivity contribution is 5.77. The zero-order valence-corrected chi connectivity index (χ0v) is 11.7. The molecule has 2 unspecified atom stereocenters. The fraction of sp³-hybridized carbons (Fsp3) is 0.462. The number of anilines is 1. The molecule has 1 aromatic rings. The number of aliphatic carboxylic acids is 1. The first kappa shape index (κ1) is 15.0. The minimum Gasteiger partial charge on any atom is -0.490 e. The summed E-state index contributed by atoms with van der Waals surface area (Å²) in [7, 11) is 1.34. The Labute approximate surface area is 120 Å². The molecule has 1 heterocycles. The summed E-state index contributed by atoms with van der Waals surface area (Å²) in [5.74, 6) is -0.899. The summed E-state index contributed by atoms with van der Waals surface area (Å²) in [6, 6.07) is 4.02. The van der Waals surface area contributed by atoms with Gasteiger partial charge in [-0.1, -0.05) is 6.07 Å². The zero-order valence-electron chi connectivity index (χ0n) is 11.7. The van der Waals surface area contributed by atoms with Crippen LogP contribution in [-0.4, -0.2) is 42.4 Å². The van der Waals surface area contributed by atoms with Crippen LogP contribution in [0.25, 0.3) is 0 Å². The first-order chi connectivity index (χ1) is 9.90. The smallest absolute Gasteiger partial charge is 0.333 e. The molecule has 8 nitrogen and oxygen atoms in total. The van der Waals surface area contributed by atoms with E-state index < -0.39 is 22.3 Å². The number of hydrogen-bond acceptors (Lipinski definition) is 6. The summed E-state index contributed by atoms with van der Waals surface area (Å²) in [5.41, 5.74) is -1.15. The fourth-order valence-electron chi connectivity index (χ4n) is 2.26. The van der Waals surface area contributed by atoms with Crippen molar-refractivity contribution in [2.24, 2.45) is 5.41 Å². The van der Waals surface area contributed by atoms with Crippen molar-refractivity contribution in [3.05, 3.63) is 28.3 Å². The van der Waals surface area contributed by atoms with Gasteiger partial charge < -0.3 is 19.9 Å². The van der Waals surface area contributed by atoms with Gasteiger partial charge in [0.2, 0.25) is 0 Å². The number of benzene rings is 1. The number of hydrogen-bond donors (Lipinski definition) is 2. The van der Waals surface area contributed by atoms with Crippen LogP contribution in [-0.2, 0) is 9.53 Å². The fourth-order valence-corrected chi connectivity index (χ4v) is 2.26. The number of nitro benzene ring substituents is 1. The topological polar surface area (TPSA) is 111 Å². The van der Waals surface area contributed by atoms with Crippen molar-refractivity contribution in [1.29, 1.82) is 0 Å². The van der Waals surface area contributed by atoms with Gasteiger partial charge in [0.1, 0.15) is 11.1 Å². The summed E-state index contributed by atoms with van der Waals surface area (Å²) in [6.07, 6.45) is 0. The molecule has 2 rings (SSSR count). The maximum atomic E-state index is 11.4. The Bertz CT molecular complexity index is 576. The van der Waals surface area contributed by atoms with E-state index in [9.17, 15) is 20.0 Å². The first-order valence-corrected chi connectivity index (χ1v) is 6.29. The zero-order chi connectivity index (χ0) is 15.6. The van der Waals surface area contributed by atoms with Crippen LogP contribution in [0.5, 0.6) is 5.75 Å². The van der Waals surface area contributed by atoms with Gasteiger partial charge >= 0.3 is 11.7 Å². The molecule has 1 saturated heterocycles. The largest absolute Gasteiger partial charge is 0.490 e. The van der Waals surface area contributed by atoms with Gasteiger partial charge in [0.15, 0.2) is 5.75 Å². The number of nitrogens with zero attached hydrogens (tertiary/aromatic N) is 1. The van der Waals surface area contributed by atoms with Gasteiger partial charge in [0, 0.05) is 0 Å². The van der Waals surface area contributed by atoms with Gasteiger partial charge in [-0.3, -0.25) is 14.9 Å². The number of para-hydroxylation sites is 1. The van der Waals surface area contributed by atoms with Crippen molar-refractivity contribution < 1.29 is 24.3 Å². The number of methoxy groups -OCH3 is 1. The molecule has 0 amide bonds. The van der Waals surface area contributed by atoms with Crippen LogP contribution in [0.3, 0.4) is 0 Å². The highest BCUT2D eigenvalue weighted by Gasteiger charge is 2.47. The van der Waals surface area contributed by atoms with Crippen LogP contribution in [0.4, 0.5) is 11.4 Å². The van der Waals surface area contributed by atoms with Gasteiger partial charge in [0.25, 0.3) is 0 Å². The number of carboxylic acid groups (broad SMARTS) is 1. The maximum Gasteiger partial charge on any atom is 0.333 e. The van der Waals surface area contributed by atoms with Gasteiger partial charge in [-0.15, -0.1) is 0 Å². The molecule has 2 N–H and O–H groups in total. The predicted molar refractivity (Wildman–Crippen MR) is 73.6 cm³/mol. The second-order valence-corrected chi connectivity index (χ2v) is 5.05. The van der Waals surface area contributed by atoms with E-state index in [2.05, 4.69) is 5.32 Å². The quantitative estimate of drug-likeness (QED) is 0.625. The Hall–Kier alpha value is -2.35. The third-order valence-corrected chi connectivity index (χ3v) is 3.68. The Kier molecular flexibility index (Phi) is 3.99. The molecule has 8 heteroatoms. The molecule has 0 spiro atoms. The summed E-state index contributed by atoms with van der Waals surface area (Å²) in [5, 5.41) is 23.4. The van der Waals surface area contributed by atoms with Crippen molar-refractivity contribution in [2.75, 3.05) is 25.6 Å². The molecule has 21 heavy (non-hydrogen) atoms. The van der Waals surface area contributed by atoms with Crippen molar-refractivity contribution in [1.82, 2.24) is 0 Å². The number of carbonyl (C=O) groups is 1. The first-order valence-electron chi connectivity index (χ1n) is 6.29. The van der Waals surface area contributed by atoms with Crippen molar-refractivity contribution in [3.8, 4) is 5.75 Å². The third-order valence-electron chi connectivity index (χ3n) is 3.68. The average Bonchev–Trinajstić information content (AvgIpc) is 2.81. The van der Waals surface area contributed by atoms with Crippen LogP contribution in [0.1, 0.15) is 6.92 Å². The minimum atomic E-state index is -1.14. The summed E-state index contributed by atoms with van der Waals surface area (Å²) in [6.45, 7) is 1.76. The van der Waals surface area contributed by atoms with Gasteiger partial charge in [-0.2, -0.15) is 0 Å². The van der Waals surface area contributed by atoms with Crippen LogP contribution < -0.4 is 10.1 Å². The number of carboxylic acids is 1. The van der Waals surface area contributed by atoms with Crippen LogP contribution in [0.2, 0.25) is 0 Å². The van der Waals surface area contributed by atoms with E-state index in [0.29, 0.717) is 0 Å². The summed E-state index contributed by atoms with van der Waals surface area (Å²) < 4.78 is 10.2. The molecule has 1 aliphatic rings. The summed E-state index contributed by atoms with van der Waals surface area (Å²) in [4.78, 5) is 22.0. The number of rotatable bonds is 5. The van der Waals surface area contributed by atoms with Crippen molar-refractivity contribution in [3.63, 3.8) is 0 Å². The number of ether oxygens (including phenoxy) is 2. The monoisotopic (exact) mass is 296 g/mol. The van der Waals surface area contributed by atoms with Crippen LogP contribution in [0, 0.1) is 15.5 Å². The van der Waals surface area contributed by atoms with E-state index in [0.717, 1.165) is 0 Å². The van der Waals surface area contributed by atoms with Crippen LogP contribution in [0.15, 0.2) is 18.2 Å². The Morgan fingerprint density at radius 2 is 2.33 bits per heavy atom. The molecule has 1 aliphatic heterocycles. The molecule has 2 atom stereocenters. The predicted octanol–water partition coefficient (Wildman–Crippen LogP) is 1.50. The summed E-state index contributed by atoms with van der Waals surface area (Å²) >= 11 is 0.